The number of hydrogen-bond acceptors (Lipinski definition) is 12. The molecule has 0 saturated heterocycles. The molecule has 0 aromatic rings. The predicted molar refractivity (Wildman–Crippen MR) is 394 cm³/mol. The normalized spacial score (nSPS) is 12.5. The molecule has 92 heavy (non-hydrogen) atoms. The van der Waals surface area contributed by atoms with Gasteiger partial charge in [-0.25, -0.2) is 0 Å². The van der Waals surface area contributed by atoms with Crippen molar-refractivity contribution in [3.05, 3.63) is 0 Å². The smallest absolute Gasteiger partial charge is 0.320 e. The van der Waals surface area contributed by atoms with E-state index in [9.17, 15) is 24.6 Å². The zero-order chi connectivity index (χ0) is 66.9. The number of carbonyl (C=O) groups excluding carboxylic acids is 3. The molecule has 0 aromatic carbocycles. The van der Waals surface area contributed by atoms with E-state index in [2.05, 4.69) is 49.7 Å². The largest absolute Gasteiger partial charge is 0.465 e. The Bertz CT molecular complexity index is 1450. The molecular formula is C80H160N4O8. The standard InChI is InChI=1S/C80H160N4O8/c1-6-11-16-21-26-31-36-38-40-45-50-55-62-82(71-76(85)69-81-70-78(87)90-66-59-52-47-42-33-28-23-18-13-8-3)64-57-58-65-83(63-56-51-46-41-39-37-32-27-22-17-12-7-2)72-77(86)73-84(74-79(88)91-67-60-53-48-43-34-29-24-19-14-9-4)75-80(89)92-68-61-54-49-44-35-30-25-20-15-10-5/h76-77,81,85-86H,6-75H2,1-5H3. The third-order valence-electron chi connectivity index (χ3n) is 18.9. The van der Waals surface area contributed by atoms with E-state index in [0.29, 0.717) is 39.5 Å². The Balaban J connectivity index is 5.78. The monoisotopic (exact) mass is 1310 g/mol. The highest BCUT2D eigenvalue weighted by molar-refractivity contribution is 5.75. The van der Waals surface area contributed by atoms with Crippen LogP contribution in [0.15, 0.2) is 0 Å². The van der Waals surface area contributed by atoms with Crippen molar-refractivity contribution >= 4 is 17.9 Å². The van der Waals surface area contributed by atoms with Gasteiger partial charge in [-0.15, -0.1) is 0 Å². The molecule has 2 unspecified atom stereocenters. The van der Waals surface area contributed by atoms with Crippen LogP contribution in [0, 0.1) is 0 Å². The summed E-state index contributed by atoms with van der Waals surface area (Å²) in [5.74, 6) is -0.951. The minimum atomic E-state index is -0.765. The van der Waals surface area contributed by atoms with Gasteiger partial charge >= 0.3 is 17.9 Å². The number of nitrogens with one attached hydrogen (secondary N) is 1. The topological polar surface area (TPSA) is 141 Å². The molecule has 0 aliphatic carbocycles. The molecule has 0 radical (unpaired) electrons. The summed E-state index contributed by atoms with van der Waals surface area (Å²) < 4.78 is 17.1. The molecule has 0 aliphatic rings. The summed E-state index contributed by atoms with van der Waals surface area (Å²) in [6.45, 7) is 17.7. The molecule has 2 atom stereocenters. The fourth-order valence-electron chi connectivity index (χ4n) is 13.0. The van der Waals surface area contributed by atoms with Crippen LogP contribution < -0.4 is 5.32 Å². The van der Waals surface area contributed by atoms with Crippen molar-refractivity contribution in [3.63, 3.8) is 0 Å². The maximum absolute atomic E-state index is 13.4. The highest BCUT2D eigenvalue weighted by Gasteiger charge is 2.22. The summed E-state index contributed by atoms with van der Waals surface area (Å²) >= 11 is 0. The highest BCUT2D eigenvalue weighted by atomic mass is 16.5. The number of hydrogen-bond donors (Lipinski definition) is 3. The van der Waals surface area contributed by atoms with Gasteiger partial charge in [0.25, 0.3) is 0 Å². The second-order valence-corrected chi connectivity index (χ2v) is 28.4. The number of ether oxygens (including phenoxy) is 3. The van der Waals surface area contributed by atoms with Gasteiger partial charge in [0.05, 0.1) is 51.7 Å². The Hall–Kier alpha value is -1.83. The van der Waals surface area contributed by atoms with Gasteiger partial charge < -0.3 is 39.5 Å². The van der Waals surface area contributed by atoms with E-state index < -0.39 is 12.2 Å². The lowest BCUT2D eigenvalue weighted by Crippen LogP contribution is -2.45. The first-order valence-corrected chi connectivity index (χ1v) is 40.9. The van der Waals surface area contributed by atoms with Crippen LogP contribution in [0.5, 0.6) is 0 Å². The van der Waals surface area contributed by atoms with Gasteiger partial charge in [-0.3, -0.25) is 19.3 Å². The third-order valence-corrected chi connectivity index (χ3v) is 18.9. The maximum atomic E-state index is 13.4. The molecule has 548 valence electrons. The van der Waals surface area contributed by atoms with Gasteiger partial charge in [0.1, 0.15) is 0 Å². The number of aliphatic hydroxyl groups excluding tert-OH is 2. The molecule has 0 aliphatic heterocycles. The number of nitrogens with zero attached hydrogens (tertiary/aromatic N) is 3. The number of unbranched alkanes of at least 4 members (excludes halogenated alkanes) is 50. The van der Waals surface area contributed by atoms with Crippen LogP contribution >= 0.6 is 0 Å². The third kappa shape index (κ3) is 69.5. The summed E-state index contributed by atoms with van der Waals surface area (Å²) in [5, 5.41) is 26.4. The fraction of sp³-hybridized carbons (Fsp3) is 0.963. The molecule has 0 amide bonds. The van der Waals surface area contributed by atoms with Gasteiger partial charge in [-0.05, 0) is 71.1 Å². The Morgan fingerprint density at radius 3 is 0.750 bits per heavy atom. The number of esters is 3. The lowest BCUT2D eigenvalue weighted by atomic mass is 10.1. The van der Waals surface area contributed by atoms with E-state index in [1.165, 1.54) is 283 Å². The molecule has 12 heteroatoms. The second-order valence-electron chi connectivity index (χ2n) is 28.4. The number of aliphatic hydroxyl groups is 2. The van der Waals surface area contributed by atoms with Crippen molar-refractivity contribution < 1.29 is 38.8 Å². The van der Waals surface area contributed by atoms with Crippen molar-refractivity contribution in [2.45, 2.75) is 406 Å². The van der Waals surface area contributed by atoms with Crippen molar-refractivity contribution in [2.24, 2.45) is 0 Å². The quantitative estimate of drug-likeness (QED) is 0.0303. The van der Waals surface area contributed by atoms with Gasteiger partial charge in [0.2, 0.25) is 0 Å². The van der Waals surface area contributed by atoms with Crippen LogP contribution in [0.1, 0.15) is 394 Å². The Morgan fingerprint density at radius 1 is 0.272 bits per heavy atom. The molecular weight excluding hydrogens is 1140 g/mol. The van der Waals surface area contributed by atoms with Crippen LogP contribution in [-0.2, 0) is 28.6 Å². The van der Waals surface area contributed by atoms with Crippen LogP contribution in [0.2, 0.25) is 0 Å². The van der Waals surface area contributed by atoms with E-state index in [1.54, 1.807) is 4.90 Å². The summed E-state index contributed by atoms with van der Waals surface area (Å²) in [4.78, 5) is 46.0. The minimum absolute atomic E-state index is 0.0547. The Kier molecular flexibility index (Phi) is 73.5. The van der Waals surface area contributed by atoms with Crippen LogP contribution in [0.4, 0.5) is 0 Å². The van der Waals surface area contributed by atoms with Crippen molar-refractivity contribution in [3.8, 4) is 0 Å². The van der Waals surface area contributed by atoms with Crippen LogP contribution in [0.25, 0.3) is 0 Å². The molecule has 0 fully saturated rings. The average molecular weight is 1310 g/mol. The highest BCUT2D eigenvalue weighted by Crippen LogP contribution is 2.18. The van der Waals surface area contributed by atoms with Gasteiger partial charge in [0, 0.05) is 26.2 Å². The van der Waals surface area contributed by atoms with Crippen LogP contribution in [0.3, 0.4) is 0 Å². The predicted octanol–water partition coefficient (Wildman–Crippen LogP) is 20.8. The maximum Gasteiger partial charge on any atom is 0.320 e. The lowest BCUT2D eigenvalue weighted by Gasteiger charge is -2.29. The van der Waals surface area contributed by atoms with Gasteiger partial charge in [-0.2, -0.15) is 0 Å². The second kappa shape index (κ2) is 75.0. The lowest BCUT2D eigenvalue weighted by molar-refractivity contribution is -0.149. The first-order chi connectivity index (χ1) is 45.2. The van der Waals surface area contributed by atoms with E-state index >= 15 is 0 Å². The van der Waals surface area contributed by atoms with E-state index in [4.69, 9.17) is 14.2 Å². The molecule has 0 aromatic heterocycles. The molecule has 0 heterocycles. The molecule has 0 rings (SSSR count). The molecule has 3 N–H and O–H groups in total. The van der Waals surface area contributed by atoms with E-state index in [1.807, 2.05) is 0 Å². The van der Waals surface area contributed by atoms with Crippen molar-refractivity contribution in [1.29, 1.82) is 0 Å². The summed E-state index contributed by atoms with van der Waals surface area (Å²) in [7, 11) is 0. The summed E-state index contributed by atoms with van der Waals surface area (Å²) in [5.41, 5.74) is 0. The average Bonchev–Trinajstić information content (AvgIpc) is 2.80. The SMILES string of the molecule is CCCCCCCCCCCCCCN(CCCCN(CCCCCCCCCCCCCC)CC(O)CN(CC(=O)OCCCCCCCCCCCC)CC(=O)OCCCCCCCCCCCC)CC(O)CNCC(=O)OCCCCCCCCCCCC. The fourth-order valence-corrected chi connectivity index (χ4v) is 13.0. The Labute approximate surface area is 572 Å². The zero-order valence-corrected chi connectivity index (χ0v) is 62.3. The van der Waals surface area contributed by atoms with E-state index in [-0.39, 0.29) is 44.1 Å². The zero-order valence-electron chi connectivity index (χ0n) is 62.3. The van der Waals surface area contributed by atoms with Crippen molar-refractivity contribution in [1.82, 2.24) is 20.0 Å². The van der Waals surface area contributed by atoms with E-state index in [0.717, 1.165) is 103 Å². The Morgan fingerprint density at radius 2 is 0.478 bits per heavy atom. The number of rotatable bonds is 78. The molecule has 0 saturated carbocycles. The summed E-state index contributed by atoms with van der Waals surface area (Å²) in [6, 6.07) is 0. The van der Waals surface area contributed by atoms with Gasteiger partial charge in [-0.1, -0.05) is 349 Å². The number of carbonyl (C=O) groups is 3. The van der Waals surface area contributed by atoms with Crippen LogP contribution in [-0.4, -0.2) is 147 Å². The first-order valence-electron chi connectivity index (χ1n) is 40.9. The molecule has 0 spiro atoms. The molecule has 12 nitrogen and oxygen atoms in total. The van der Waals surface area contributed by atoms with Gasteiger partial charge in [0.15, 0.2) is 0 Å². The molecule has 0 bridgehead atoms. The first kappa shape index (κ1) is 90.2. The minimum Gasteiger partial charge on any atom is -0.465 e. The van der Waals surface area contributed by atoms with Crippen molar-refractivity contribution in [2.75, 3.05) is 91.8 Å². The summed E-state index contributed by atoms with van der Waals surface area (Å²) in [6.07, 6.45) is 68.4.